The Labute approximate surface area is 71.5 Å². The van der Waals surface area contributed by atoms with Gasteiger partial charge in [-0.3, -0.25) is 5.41 Å². The molecule has 0 aromatic heterocycles. The summed E-state index contributed by atoms with van der Waals surface area (Å²) in [6.45, 7) is 1.99. The predicted octanol–water partition coefficient (Wildman–Crippen LogP) is -0.235. The van der Waals surface area contributed by atoms with Crippen LogP contribution in [0.25, 0.3) is 0 Å². The van der Waals surface area contributed by atoms with Crippen LogP contribution in [-0.2, 0) is 4.79 Å². The van der Waals surface area contributed by atoms with E-state index in [0.717, 1.165) is 0 Å². The van der Waals surface area contributed by atoms with Gasteiger partial charge in [0.15, 0.2) is 0 Å². The third-order valence-electron chi connectivity index (χ3n) is 1.39. The molecule has 0 aromatic carbocycles. The van der Waals surface area contributed by atoms with Crippen LogP contribution < -0.4 is 11.1 Å². The summed E-state index contributed by atoms with van der Waals surface area (Å²) < 4.78 is 0. The third-order valence-corrected chi connectivity index (χ3v) is 1.39. The summed E-state index contributed by atoms with van der Waals surface area (Å²) in [7, 11) is 0. The van der Waals surface area contributed by atoms with E-state index in [-0.39, 0.29) is 5.84 Å². The van der Waals surface area contributed by atoms with Crippen molar-refractivity contribution in [3.05, 3.63) is 0 Å². The molecule has 0 aliphatic carbocycles. The van der Waals surface area contributed by atoms with E-state index in [1.165, 1.54) is 6.92 Å². The van der Waals surface area contributed by atoms with Gasteiger partial charge in [0.05, 0.1) is 5.84 Å². The number of carboxylic acid groups (broad SMARTS) is 1. The van der Waals surface area contributed by atoms with Crippen LogP contribution in [0.2, 0.25) is 0 Å². The normalized spacial score (nSPS) is 12.2. The van der Waals surface area contributed by atoms with Gasteiger partial charge in [-0.1, -0.05) is 0 Å². The van der Waals surface area contributed by atoms with E-state index in [0.29, 0.717) is 19.4 Å². The maximum atomic E-state index is 10.5. The zero-order valence-electron chi connectivity index (χ0n) is 7.13. The molecule has 0 bridgehead atoms. The van der Waals surface area contributed by atoms with Crippen LogP contribution in [0, 0.1) is 5.41 Å². The molecule has 0 fully saturated rings. The van der Waals surface area contributed by atoms with Crippen LogP contribution >= 0.6 is 0 Å². The summed E-state index contributed by atoms with van der Waals surface area (Å²) in [4.78, 5) is 10.5. The molecule has 1 atom stereocenters. The van der Waals surface area contributed by atoms with E-state index in [4.69, 9.17) is 16.2 Å². The Hall–Kier alpha value is -1.10. The first-order chi connectivity index (χ1) is 5.57. The van der Waals surface area contributed by atoms with Gasteiger partial charge in [0.1, 0.15) is 6.04 Å². The Morgan fingerprint density at radius 2 is 2.33 bits per heavy atom. The molecule has 0 saturated carbocycles. The number of carbonyl (C=O) groups is 1. The van der Waals surface area contributed by atoms with Crippen LogP contribution in [0.15, 0.2) is 0 Å². The third kappa shape index (κ3) is 4.68. The van der Waals surface area contributed by atoms with Crippen molar-refractivity contribution in [2.75, 3.05) is 6.54 Å². The van der Waals surface area contributed by atoms with Crippen LogP contribution in [0.1, 0.15) is 19.8 Å². The van der Waals surface area contributed by atoms with Gasteiger partial charge in [-0.25, -0.2) is 4.79 Å². The lowest BCUT2D eigenvalue weighted by Gasteiger charge is -2.13. The Kier molecular flexibility index (Phi) is 5.03. The van der Waals surface area contributed by atoms with Gasteiger partial charge in [0, 0.05) is 0 Å². The molecular weight excluding hydrogens is 158 g/mol. The first-order valence-electron chi connectivity index (χ1n) is 3.82. The molecular formula is C7H15N3O2. The summed E-state index contributed by atoms with van der Waals surface area (Å²) in [5.41, 5.74) is 5.23. The highest BCUT2D eigenvalue weighted by Crippen LogP contribution is 1.95. The number of amidine groups is 1. The Morgan fingerprint density at radius 3 is 2.67 bits per heavy atom. The van der Waals surface area contributed by atoms with E-state index in [1.54, 1.807) is 0 Å². The lowest BCUT2D eigenvalue weighted by molar-refractivity contribution is -0.139. The van der Waals surface area contributed by atoms with E-state index in [2.05, 4.69) is 5.32 Å². The van der Waals surface area contributed by atoms with Crippen LogP contribution in [0.5, 0.6) is 0 Å². The van der Waals surface area contributed by atoms with Gasteiger partial charge in [0.2, 0.25) is 0 Å². The number of nitrogens with two attached hydrogens (primary N) is 1. The summed E-state index contributed by atoms with van der Waals surface area (Å²) in [6.07, 6.45) is 1.11. The lowest BCUT2D eigenvalue weighted by atomic mass is 10.1. The van der Waals surface area contributed by atoms with E-state index < -0.39 is 12.0 Å². The highest BCUT2D eigenvalue weighted by molar-refractivity contribution is 5.83. The average molecular weight is 173 g/mol. The Bertz CT molecular complexity index is 170. The fraction of sp³-hybridized carbons (Fsp3) is 0.714. The van der Waals surface area contributed by atoms with Crippen LogP contribution in [-0.4, -0.2) is 29.5 Å². The summed E-state index contributed by atoms with van der Waals surface area (Å²) in [6, 6.07) is -0.675. The molecule has 0 aliphatic heterocycles. The van der Waals surface area contributed by atoms with Gasteiger partial charge < -0.3 is 16.2 Å². The fourth-order valence-corrected chi connectivity index (χ4v) is 0.841. The minimum absolute atomic E-state index is 0.166. The molecule has 0 aromatic rings. The van der Waals surface area contributed by atoms with Gasteiger partial charge in [-0.15, -0.1) is 0 Å². The molecule has 5 heteroatoms. The molecule has 0 saturated heterocycles. The molecule has 0 amide bonds. The van der Waals surface area contributed by atoms with Gasteiger partial charge in [-0.05, 0) is 26.3 Å². The molecule has 5 nitrogen and oxygen atoms in total. The Morgan fingerprint density at radius 1 is 1.75 bits per heavy atom. The average Bonchev–Trinajstić information content (AvgIpc) is 1.96. The van der Waals surface area contributed by atoms with Crippen molar-refractivity contribution in [1.82, 2.24) is 5.32 Å². The van der Waals surface area contributed by atoms with Crippen molar-refractivity contribution in [1.29, 1.82) is 5.41 Å². The second-order valence-corrected chi connectivity index (χ2v) is 2.59. The summed E-state index contributed by atoms with van der Waals surface area (Å²) in [5.74, 6) is -0.769. The van der Waals surface area contributed by atoms with Gasteiger partial charge >= 0.3 is 5.97 Å². The zero-order chi connectivity index (χ0) is 9.56. The van der Waals surface area contributed by atoms with E-state index >= 15 is 0 Å². The second kappa shape index (κ2) is 5.54. The molecule has 0 spiro atoms. The monoisotopic (exact) mass is 173 g/mol. The summed E-state index contributed by atoms with van der Waals surface area (Å²) in [5, 5.41) is 18.2. The van der Waals surface area contributed by atoms with Crippen molar-refractivity contribution in [2.45, 2.75) is 25.8 Å². The smallest absolute Gasteiger partial charge is 0.326 e. The number of rotatable bonds is 5. The topological polar surface area (TPSA) is 99.2 Å². The molecule has 70 valence electrons. The molecule has 1 unspecified atom stereocenters. The molecule has 0 heterocycles. The van der Waals surface area contributed by atoms with E-state index in [1.807, 2.05) is 0 Å². The highest BCUT2D eigenvalue weighted by Gasteiger charge is 2.15. The number of aliphatic carboxylic acids is 1. The van der Waals surface area contributed by atoms with E-state index in [9.17, 15) is 4.79 Å². The molecule has 0 aliphatic rings. The first-order valence-corrected chi connectivity index (χ1v) is 3.82. The molecule has 0 radical (unpaired) electrons. The lowest BCUT2D eigenvalue weighted by Crippen LogP contribution is -2.39. The minimum atomic E-state index is -0.935. The van der Waals surface area contributed by atoms with Crippen LogP contribution in [0.4, 0.5) is 0 Å². The SMILES string of the molecule is CC(=N)NC(CCCN)C(=O)O. The largest absolute Gasteiger partial charge is 0.480 e. The maximum Gasteiger partial charge on any atom is 0.326 e. The van der Waals surface area contributed by atoms with Gasteiger partial charge in [0.25, 0.3) is 0 Å². The Balaban J connectivity index is 3.87. The number of nitrogens with one attached hydrogen (secondary N) is 2. The fourth-order valence-electron chi connectivity index (χ4n) is 0.841. The molecule has 0 rings (SSSR count). The number of hydrogen-bond donors (Lipinski definition) is 4. The van der Waals surface area contributed by atoms with Crippen molar-refractivity contribution in [3.63, 3.8) is 0 Å². The number of carboxylic acids is 1. The summed E-state index contributed by atoms with van der Waals surface area (Å²) >= 11 is 0. The van der Waals surface area contributed by atoms with Crippen molar-refractivity contribution in [3.8, 4) is 0 Å². The quantitative estimate of drug-likeness (QED) is 0.340. The maximum absolute atomic E-state index is 10.5. The van der Waals surface area contributed by atoms with Crippen LogP contribution in [0.3, 0.4) is 0 Å². The predicted molar refractivity (Wildman–Crippen MR) is 46.2 cm³/mol. The highest BCUT2D eigenvalue weighted by atomic mass is 16.4. The number of hydrogen-bond acceptors (Lipinski definition) is 3. The van der Waals surface area contributed by atoms with Crippen molar-refractivity contribution >= 4 is 11.8 Å². The molecule has 12 heavy (non-hydrogen) atoms. The van der Waals surface area contributed by atoms with Crippen molar-refractivity contribution in [2.24, 2.45) is 5.73 Å². The van der Waals surface area contributed by atoms with Crippen molar-refractivity contribution < 1.29 is 9.90 Å². The zero-order valence-corrected chi connectivity index (χ0v) is 7.13. The molecule has 5 N–H and O–H groups in total. The first kappa shape index (κ1) is 10.9. The second-order valence-electron chi connectivity index (χ2n) is 2.59. The minimum Gasteiger partial charge on any atom is -0.480 e. The van der Waals surface area contributed by atoms with Gasteiger partial charge in [-0.2, -0.15) is 0 Å². The standard InChI is InChI=1S/C7H15N3O2/c1-5(9)10-6(7(11)12)3-2-4-8/h6H,2-4,8H2,1H3,(H2,9,10)(H,11,12).